The number of pyridine rings is 1. The van der Waals surface area contributed by atoms with Gasteiger partial charge < -0.3 is 10.3 Å². The summed E-state index contributed by atoms with van der Waals surface area (Å²) in [4.78, 5) is 30.5. The van der Waals surface area contributed by atoms with Crippen molar-refractivity contribution >= 4 is 23.5 Å². The first kappa shape index (κ1) is 19.3. The third-order valence-electron chi connectivity index (χ3n) is 4.94. The van der Waals surface area contributed by atoms with Gasteiger partial charge in [0.2, 0.25) is 0 Å². The summed E-state index contributed by atoms with van der Waals surface area (Å²) in [7, 11) is 1.65. The molecule has 3 aromatic rings. The van der Waals surface area contributed by atoms with Crippen LogP contribution >= 0.6 is 0 Å². The molecule has 2 aromatic heterocycles. The smallest absolute Gasteiger partial charge is 0.294 e. The van der Waals surface area contributed by atoms with Crippen LogP contribution in [0.1, 0.15) is 27.3 Å². The normalized spacial score (nSPS) is 13.2. The highest BCUT2D eigenvalue weighted by atomic mass is 16.6. The molecular weight excluding hydrogens is 384 g/mol. The Labute approximate surface area is 172 Å². The summed E-state index contributed by atoms with van der Waals surface area (Å²) in [6.45, 7) is 2.43. The van der Waals surface area contributed by atoms with Gasteiger partial charge in [-0.25, -0.2) is 0 Å². The number of hydrogen-bond acceptors (Lipinski definition) is 6. The SMILES string of the molecule is Cc1ccc(N(C)/N=C\c2cc(-c3cc4c([nH]3)CCNC4=O)ccn2)c([N+](=O)[O-])c1. The summed E-state index contributed by atoms with van der Waals surface area (Å²) in [6.07, 6.45) is 3.97. The van der Waals surface area contributed by atoms with Crippen molar-refractivity contribution in [3.63, 3.8) is 0 Å². The number of aryl methyl sites for hydroxylation is 1. The summed E-state index contributed by atoms with van der Waals surface area (Å²) in [5.74, 6) is -0.0732. The number of anilines is 1. The molecule has 0 saturated heterocycles. The van der Waals surface area contributed by atoms with E-state index in [-0.39, 0.29) is 11.6 Å². The van der Waals surface area contributed by atoms with E-state index >= 15 is 0 Å². The van der Waals surface area contributed by atoms with E-state index in [4.69, 9.17) is 0 Å². The first-order valence-corrected chi connectivity index (χ1v) is 9.41. The van der Waals surface area contributed by atoms with E-state index in [2.05, 4.69) is 20.4 Å². The number of hydrazone groups is 1. The molecule has 0 radical (unpaired) electrons. The number of nitro groups is 1. The molecule has 9 heteroatoms. The second kappa shape index (κ2) is 7.78. The number of nitrogens with one attached hydrogen (secondary N) is 2. The van der Waals surface area contributed by atoms with Gasteiger partial charge in [0.15, 0.2) is 0 Å². The third kappa shape index (κ3) is 3.77. The van der Waals surface area contributed by atoms with Crippen LogP contribution in [-0.4, -0.2) is 40.6 Å². The Bertz CT molecular complexity index is 1170. The van der Waals surface area contributed by atoms with Crippen molar-refractivity contribution in [2.75, 3.05) is 18.6 Å². The molecule has 0 aliphatic carbocycles. The third-order valence-corrected chi connectivity index (χ3v) is 4.94. The van der Waals surface area contributed by atoms with Gasteiger partial charge in [-0.05, 0) is 36.8 Å². The van der Waals surface area contributed by atoms with E-state index in [1.54, 1.807) is 38.5 Å². The fraction of sp³-hybridized carbons (Fsp3) is 0.190. The molecule has 30 heavy (non-hydrogen) atoms. The minimum absolute atomic E-state index is 0.00778. The molecule has 1 aromatic carbocycles. The lowest BCUT2D eigenvalue weighted by molar-refractivity contribution is -0.384. The number of H-pyrrole nitrogens is 1. The molecule has 3 heterocycles. The van der Waals surface area contributed by atoms with E-state index in [1.165, 1.54) is 11.1 Å². The lowest BCUT2D eigenvalue weighted by Gasteiger charge is -2.13. The number of nitrogens with zero attached hydrogens (tertiary/aromatic N) is 4. The number of aromatic amines is 1. The quantitative estimate of drug-likeness (QED) is 0.385. The number of hydrogen-bond donors (Lipinski definition) is 2. The van der Waals surface area contributed by atoms with Crippen LogP contribution in [0, 0.1) is 17.0 Å². The van der Waals surface area contributed by atoms with E-state index in [1.807, 2.05) is 18.2 Å². The molecule has 0 saturated carbocycles. The van der Waals surface area contributed by atoms with Crippen molar-refractivity contribution in [3.8, 4) is 11.3 Å². The van der Waals surface area contributed by atoms with Gasteiger partial charge in [-0.3, -0.25) is 24.9 Å². The lowest BCUT2D eigenvalue weighted by Crippen LogP contribution is -2.31. The number of fused-ring (bicyclic) bond motifs is 1. The average Bonchev–Trinajstić information content (AvgIpc) is 3.18. The molecule has 0 bridgehead atoms. The van der Waals surface area contributed by atoms with Crippen LogP contribution in [0.2, 0.25) is 0 Å². The van der Waals surface area contributed by atoms with Gasteiger partial charge in [-0.15, -0.1) is 0 Å². The molecule has 2 N–H and O–H groups in total. The van der Waals surface area contributed by atoms with Gasteiger partial charge in [0.25, 0.3) is 11.6 Å². The zero-order valence-corrected chi connectivity index (χ0v) is 16.5. The van der Waals surface area contributed by atoms with Crippen LogP contribution in [0.15, 0.2) is 47.7 Å². The highest BCUT2D eigenvalue weighted by Crippen LogP contribution is 2.28. The molecule has 0 atom stereocenters. The van der Waals surface area contributed by atoms with Gasteiger partial charge in [-0.1, -0.05) is 6.07 Å². The molecular formula is C21H20N6O3. The van der Waals surface area contributed by atoms with E-state index in [0.717, 1.165) is 28.9 Å². The minimum Gasteiger partial charge on any atom is -0.358 e. The highest BCUT2D eigenvalue weighted by Gasteiger charge is 2.20. The van der Waals surface area contributed by atoms with Crippen LogP contribution in [0.5, 0.6) is 0 Å². The Morgan fingerprint density at radius 2 is 2.10 bits per heavy atom. The Morgan fingerprint density at radius 1 is 1.27 bits per heavy atom. The number of benzene rings is 1. The number of aromatic nitrogens is 2. The largest absolute Gasteiger partial charge is 0.358 e. The lowest BCUT2D eigenvalue weighted by atomic mass is 10.1. The van der Waals surface area contributed by atoms with Gasteiger partial charge in [0, 0.05) is 49.2 Å². The van der Waals surface area contributed by atoms with Gasteiger partial charge in [-0.2, -0.15) is 5.10 Å². The fourth-order valence-corrected chi connectivity index (χ4v) is 3.40. The average molecular weight is 404 g/mol. The van der Waals surface area contributed by atoms with Crippen LogP contribution in [0.25, 0.3) is 11.3 Å². The summed E-state index contributed by atoms with van der Waals surface area (Å²) < 4.78 is 0. The van der Waals surface area contributed by atoms with Crippen molar-refractivity contribution in [3.05, 3.63) is 75.2 Å². The molecule has 0 unspecified atom stereocenters. The zero-order chi connectivity index (χ0) is 21.3. The van der Waals surface area contributed by atoms with Crippen molar-refractivity contribution in [2.45, 2.75) is 13.3 Å². The Kier molecular flexibility index (Phi) is 5.01. The van der Waals surface area contributed by atoms with Crippen LogP contribution in [0.3, 0.4) is 0 Å². The maximum Gasteiger partial charge on any atom is 0.294 e. The van der Waals surface area contributed by atoms with Crippen molar-refractivity contribution in [1.29, 1.82) is 0 Å². The predicted molar refractivity (Wildman–Crippen MR) is 114 cm³/mol. The molecule has 152 valence electrons. The minimum atomic E-state index is -0.420. The maximum atomic E-state index is 12.0. The van der Waals surface area contributed by atoms with Gasteiger partial charge in [0.1, 0.15) is 5.69 Å². The number of carbonyl (C=O) groups is 1. The fourth-order valence-electron chi connectivity index (χ4n) is 3.40. The Balaban J connectivity index is 1.59. The van der Waals surface area contributed by atoms with Gasteiger partial charge >= 0.3 is 0 Å². The maximum absolute atomic E-state index is 12.0. The summed E-state index contributed by atoms with van der Waals surface area (Å²) in [6, 6.07) is 10.5. The second-order valence-corrected chi connectivity index (χ2v) is 7.07. The van der Waals surface area contributed by atoms with E-state index < -0.39 is 4.92 Å². The molecule has 0 fully saturated rings. The number of amides is 1. The summed E-state index contributed by atoms with van der Waals surface area (Å²) in [5.41, 5.74) is 5.06. The topological polar surface area (TPSA) is 117 Å². The Morgan fingerprint density at radius 3 is 2.87 bits per heavy atom. The van der Waals surface area contributed by atoms with Crippen molar-refractivity contribution < 1.29 is 9.72 Å². The van der Waals surface area contributed by atoms with E-state index in [0.29, 0.717) is 23.5 Å². The highest BCUT2D eigenvalue weighted by molar-refractivity contribution is 5.97. The second-order valence-electron chi connectivity index (χ2n) is 7.07. The monoisotopic (exact) mass is 404 g/mol. The number of nitro benzene ring substituents is 1. The first-order valence-electron chi connectivity index (χ1n) is 9.41. The molecule has 1 aliphatic rings. The summed E-state index contributed by atoms with van der Waals surface area (Å²) in [5, 5.41) is 19.9. The molecule has 1 amide bonds. The first-order chi connectivity index (χ1) is 14.4. The number of carbonyl (C=O) groups excluding carboxylic acids is 1. The van der Waals surface area contributed by atoms with Crippen molar-refractivity contribution in [1.82, 2.24) is 15.3 Å². The standard InChI is InChI=1S/C21H20N6O3/c1-13-3-4-19(20(9-13)27(29)30)26(2)24-12-15-10-14(5-7-22-15)18-11-16-17(25-18)6-8-23-21(16)28/h3-5,7,9-12,25H,6,8H2,1-2H3,(H,23,28)/b24-12-. The zero-order valence-electron chi connectivity index (χ0n) is 16.5. The molecule has 9 nitrogen and oxygen atoms in total. The van der Waals surface area contributed by atoms with E-state index in [9.17, 15) is 14.9 Å². The van der Waals surface area contributed by atoms with Crippen LogP contribution in [-0.2, 0) is 6.42 Å². The predicted octanol–water partition coefficient (Wildman–Crippen LogP) is 3.05. The molecule has 0 spiro atoms. The molecule has 1 aliphatic heterocycles. The van der Waals surface area contributed by atoms with Crippen molar-refractivity contribution in [2.24, 2.45) is 5.10 Å². The molecule has 4 rings (SSSR count). The summed E-state index contributed by atoms with van der Waals surface area (Å²) >= 11 is 0. The number of rotatable bonds is 5. The van der Waals surface area contributed by atoms with Crippen LogP contribution < -0.4 is 10.3 Å². The van der Waals surface area contributed by atoms with Gasteiger partial charge in [0.05, 0.1) is 22.4 Å². The van der Waals surface area contributed by atoms with Crippen LogP contribution in [0.4, 0.5) is 11.4 Å². The Hall–Kier alpha value is -4.01.